The number of anilines is 1. The summed E-state index contributed by atoms with van der Waals surface area (Å²) in [5.74, 6) is -2.03. The molecule has 0 aliphatic carbocycles. The first-order valence-electron chi connectivity index (χ1n) is 4.78. The molecular formula is C11H9FLiN3O2. The van der Waals surface area contributed by atoms with Crippen LogP contribution in [-0.4, -0.2) is 15.7 Å². The average Bonchev–Trinajstić information content (AvgIpc) is 2.64. The van der Waals surface area contributed by atoms with Gasteiger partial charge in [0.2, 0.25) is 0 Å². The van der Waals surface area contributed by atoms with Crippen molar-refractivity contribution in [2.24, 2.45) is 7.05 Å². The average molecular weight is 241 g/mol. The summed E-state index contributed by atoms with van der Waals surface area (Å²) in [4.78, 5) is 10.8. The molecule has 0 spiro atoms. The van der Waals surface area contributed by atoms with Crippen LogP contribution in [0.3, 0.4) is 0 Å². The van der Waals surface area contributed by atoms with Gasteiger partial charge < -0.3 is 15.6 Å². The topological polar surface area (TPSA) is 84.0 Å². The van der Waals surface area contributed by atoms with Gasteiger partial charge >= 0.3 is 18.9 Å². The minimum absolute atomic E-state index is 0. The Bertz CT molecular complexity index is 598. The van der Waals surface area contributed by atoms with E-state index in [0.717, 1.165) is 12.1 Å². The molecule has 18 heavy (non-hydrogen) atoms. The molecule has 1 aromatic carbocycles. The molecule has 0 radical (unpaired) electrons. The summed E-state index contributed by atoms with van der Waals surface area (Å²) in [6.07, 6.45) is 3.02. The van der Waals surface area contributed by atoms with Gasteiger partial charge in [0.1, 0.15) is 5.82 Å². The van der Waals surface area contributed by atoms with Crippen molar-refractivity contribution in [2.45, 2.75) is 0 Å². The van der Waals surface area contributed by atoms with Crippen molar-refractivity contribution in [3.63, 3.8) is 0 Å². The number of aryl methyl sites for hydroxylation is 1. The molecule has 0 fully saturated rings. The summed E-state index contributed by atoms with van der Waals surface area (Å²) < 4.78 is 15.1. The van der Waals surface area contributed by atoms with Gasteiger partial charge in [-0.05, 0) is 12.1 Å². The number of aromatic nitrogens is 2. The molecule has 0 saturated heterocycles. The predicted octanol–water partition coefficient (Wildman–Crippen LogP) is -2.82. The van der Waals surface area contributed by atoms with Crippen molar-refractivity contribution in [3.8, 4) is 11.1 Å². The van der Waals surface area contributed by atoms with E-state index in [-0.39, 0.29) is 35.7 Å². The van der Waals surface area contributed by atoms with Gasteiger partial charge in [-0.15, -0.1) is 0 Å². The van der Waals surface area contributed by atoms with Gasteiger partial charge in [0.25, 0.3) is 0 Å². The van der Waals surface area contributed by atoms with E-state index >= 15 is 0 Å². The molecule has 2 rings (SSSR count). The zero-order valence-corrected chi connectivity index (χ0v) is 9.98. The van der Waals surface area contributed by atoms with Crippen LogP contribution in [0.1, 0.15) is 10.4 Å². The quantitative estimate of drug-likeness (QED) is 0.454. The van der Waals surface area contributed by atoms with Crippen LogP contribution in [-0.2, 0) is 7.05 Å². The Morgan fingerprint density at radius 2 is 2.17 bits per heavy atom. The maximum absolute atomic E-state index is 13.7. The minimum Gasteiger partial charge on any atom is -0.545 e. The van der Waals surface area contributed by atoms with Crippen LogP contribution >= 0.6 is 0 Å². The zero-order valence-electron chi connectivity index (χ0n) is 9.98. The largest absolute Gasteiger partial charge is 1.00 e. The predicted molar refractivity (Wildman–Crippen MR) is 57.3 cm³/mol. The van der Waals surface area contributed by atoms with E-state index in [9.17, 15) is 14.3 Å². The number of carbonyl (C=O) groups excluding carboxylic acids is 1. The van der Waals surface area contributed by atoms with E-state index in [1.165, 1.54) is 10.9 Å². The Hall–Kier alpha value is -1.77. The molecule has 88 valence electrons. The second-order valence-electron chi connectivity index (χ2n) is 3.61. The Balaban J connectivity index is 0.00000162. The number of carbonyl (C=O) groups is 1. The van der Waals surface area contributed by atoms with Gasteiger partial charge in [0.15, 0.2) is 0 Å². The molecule has 0 aliphatic heterocycles. The summed E-state index contributed by atoms with van der Waals surface area (Å²) in [6.45, 7) is 0. The molecule has 0 saturated carbocycles. The Morgan fingerprint density at radius 1 is 1.50 bits per heavy atom. The van der Waals surface area contributed by atoms with Crippen molar-refractivity contribution in [1.82, 2.24) is 9.78 Å². The van der Waals surface area contributed by atoms with Crippen LogP contribution in [0, 0.1) is 5.82 Å². The van der Waals surface area contributed by atoms with Crippen LogP contribution in [0.25, 0.3) is 11.1 Å². The van der Waals surface area contributed by atoms with Gasteiger partial charge in [0, 0.05) is 35.6 Å². The fourth-order valence-electron chi connectivity index (χ4n) is 1.55. The minimum atomic E-state index is -1.44. The zero-order chi connectivity index (χ0) is 12.6. The van der Waals surface area contributed by atoms with Crippen molar-refractivity contribution in [1.29, 1.82) is 0 Å². The summed E-state index contributed by atoms with van der Waals surface area (Å²) >= 11 is 0. The molecule has 0 atom stereocenters. The van der Waals surface area contributed by atoms with Crippen LogP contribution < -0.4 is 29.7 Å². The Labute approximate surface area is 115 Å². The molecular weight excluding hydrogens is 232 g/mol. The van der Waals surface area contributed by atoms with E-state index < -0.39 is 11.8 Å². The molecule has 0 aliphatic rings. The number of nitrogen functional groups attached to an aromatic ring is 1. The van der Waals surface area contributed by atoms with Gasteiger partial charge in [-0.1, -0.05) is 0 Å². The maximum Gasteiger partial charge on any atom is 1.00 e. The van der Waals surface area contributed by atoms with Crippen LogP contribution in [0.5, 0.6) is 0 Å². The van der Waals surface area contributed by atoms with Crippen molar-refractivity contribution in [2.75, 3.05) is 5.73 Å². The number of rotatable bonds is 2. The van der Waals surface area contributed by atoms with Crippen molar-refractivity contribution >= 4 is 11.7 Å². The molecule has 7 heteroatoms. The fourth-order valence-corrected chi connectivity index (χ4v) is 1.55. The van der Waals surface area contributed by atoms with Crippen LogP contribution in [0.4, 0.5) is 10.1 Å². The van der Waals surface area contributed by atoms with Crippen LogP contribution in [0.15, 0.2) is 24.5 Å². The smallest absolute Gasteiger partial charge is 0.545 e. The van der Waals surface area contributed by atoms with E-state index in [0.29, 0.717) is 5.56 Å². The molecule has 0 unspecified atom stereocenters. The molecule has 0 amide bonds. The number of aromatic carboxylic acids is 1. The Kier molecular flexibility index (Phi) is 4.17. The van der Waals surface area contributed by atoms with E-state index in [4.69, 9.17) is 5.73 Å². The number of halogens is 1. The van der Waals surface area contributed by atoms with Gasteiger partial charge in [-0.2, -0.15) is 5.10 Å². The SMILES string of the molecule is Cn1cc(-c2cc(C(=O)[O-])c(N)cc2F)cn1.[Li+]. The Morgan fingerprint density at radius 3 is 2.67 bits per heavy atom. The first-order valence-corrected chi connectivity index (χ1v) is 4.78. The normalized spacial score (nSPS) is 9.89. The van der Waals surface area contributed by atoms with E-state index in [1.54, 1.807) is 13.2 Å². The fraction of sp³-hybridized carbons (Fsp3) is 0.0909. The van der Waals surface area contributed by atoms with Gasteiger partial charge in [0.05, 0.1) is 12.2 Å². The number of benzene rings is 1. The summed E-state index contributed by atoms with van der Waals surface area (Å²) in [5.41, 5.74) is 5.61. The second kappa shape index (κ2) is 5.25. The third-order valence-corrected chi connectivity index (χ3v) is 2.38. The third kappa shape index (κ3) is 2.55. The molecule has 2 N–H and O–H groups in total. The molecule has 1 aromatic heterocycles. The molecule has 0 bridgehead atoms. The number of carboxylic acids is 1. The standard InChI is InChI=1S/C11H10FN3O2.Li/c1-15-5-6(4-14-15)7-2-8(11(16)17)10(13)3-9(7)12;/h2-5H,13H2,1H3,(H,16,17);/q;+1/p-1. The second-order valence-corrected chi connectivity index (χ2v) is 3.61. The summed E-state index contributed by atoms with van der Waals surface area (Å²) in [6, 6.07) is 2.12. The number of nitrogens with two attached hydrogens (primary N) is 1. The number of hydrogen-bond acceptors (Lipinski definition) is 4. The first kappa shape index (κ1) is 14.3. The van der Waals surface area contributed by atoms with Crippen molar-refractivity contribution in [3.05, 3.63) is 35.9 Å². The van der Waals surface area contributed by atoms with E-state index in [1.807, 2.05) is 0 Å². The summed E-state index contributed by atoms with van der Waals surface area (Å²) in [5, 5.41) is 14.7. The maximum atomic E-state index is 13.7. The van der Waals surface area contributed by atoms with Gasteiger partial charge in [-0.3, -0.25) is 4.68 Å². The number of hydrogen-bond donors (Lipinski definition) is 1. The van der Waals surface area contributed by atoms with E-state index in [2.05, 4.69) is 5.10 Å². The number of carboxylic acid groups (broad SMARTS) is 1. The van der Waals surface area contributed by atoms with Crippen LogP contribution in [0.2, 0.25) is 0 Å². The van der Waals surface area contributed by atoms with Gasteiger partial charge in [-0.25, -0.2) is 4.39 Å². The first-order chi connectivity index (χ1) is 7.99. The molecule has 1 heterocycles. The third-order valence-electron chi connectivity index (χ3n) is 2.38. The molecule has 5 nitrogen and oxygen atoms in total. The summed E-state index contributed by atoms with van der Waals surface area (Å²) in [7, 11) is 1.68. The number of nitrogens with zero attached hydrogens (tertiary/aromatic N) is 2. The van der Waals surface area contributed by atoms with Crippen molar-refractivity contribution < 1.29 is 33.2 Å². The monoisotopic (exact) mass is 241 g/mol. The molecule has 2 aromatic rings.